The topological polar surface area (TPSA) is 37.0 Å². The van der Waals surface area contributed by atoms with Gasteiger partial charge in [0.2, 0.25) is 0 Å². The summed E-state index contributed by atoms with van der Waals surface area (Å²) in [4.78, 5) is 4.06. The average molecular weight is 260 g/mol. The molecule has 13 heavy (non-hydrogen) atoms. The Morgan fingerprint density at radius 2 is 2.38 bits per heavy atom. The highest BCUT2D eigenvalue weighted by atomic mass is 79.9. The zero-order chi connectivity index (χ0) is 9.68. The Bertz CT molecular complexity index is 286. The van der Waals surface area contributed by atoms with Crippen LogP contribution >= 0.6 is 28.1 Å². The molecule has 0 fully saturated rings. The Balaban J connectivity index is 2.54. The van der Waals surface area contributed by atoms with Gasteiger partial charge < -0.3 is 10.6 Å². The van der Waals surface area contributed by atoms with Gasteiger partial charge in [0.1, 0.15) is 4.60 Å². The van der Waals surface area contributed by atoms with Crippen LogP contribution in [0.3, 0.4) is 0 Å². The summed E-state index contributed by atoms with van der Waals surface area (Å²) < 4.78 is 0.812. The van der Waals surface area contributed by atoms with Crippen molar-refractivity contribution >= 4 is 38.9 Å². The van der Waals surface area contributed by atoms with Gasteiger partial charge in [-0.3, -0.25) is 0 Å². The molecule has 5 heteroatoms. The van der Waals surface area contributed by atoms with Crippen LogP contribution in [0, 0.1) is 0 Å². The van der Waals surface area contributed by atoms with Crippen LogP contribution in [0.5, 0.6) is 0 Å². The molecule has 3 nitrogen and oxygen atoms in total. The van der Waals surface area contributed by atoms with E-state index in [0.29, 0.717) is 5.11 Å². The molecule has 0 spiro atoms. The molecule has 0 aliphatic rings. The zero-order valence-corrected chi connectivity index (χ0v) is 9.58. The molecule has 1 aromatic rings. The average Bonchev–Trinajstić information content (AvgIpc) is 2.09. The van der Waals surface area contributed by atoms with Crippen LogP contribution in [0.2, 0.25) is 0 Å². The van der Waals surface area contributed by atoms with E-state index in [1.54, 1.807) is 6.20 Å². The SMILES string of the molecule is CCNC(=S)Nc1ccc(Br)nc1. The Morgan fingerprint density at radius 3 is 2.92 bits per heavy atom. The van der Waals surface area contributed by atoms with Crippen molar-refractivity contribution in [1.29, 1.82) is 0 Å². The highest BCUT2D eigenvalue weighted by Crippen LogP contribution is 2.09. The third-order valence-corrected chi connectivity index (χ3v) is 2.04. The van der Waals surface area contributed by atoms with E-state index in [-0.39, 0.29) is 0 Å². The number of thiocarbonyl (C=S) groups is 1. The van der Waals surface area contributed by atoms with Gasteiger partial charge in [-0.25, -0.2) is 4.98 Å². The van der Waals surface area contributed by atoms with Crippen molar-refractivity contribution in [3.8, 4) is 0 Å². The smallest absolute Gasteiger partial charge is 0.170 e. The normalized spacial score (nSPS) is 9.38. The van der Waals surface area contributed by atoms with Crippen LogP contribution in [0.1, 0.15) is 6.92 Å². The number of rotatable bonds is 2. The van der Waals surface area contributed by atoms with Crippen molar-refractivity contribution < 1.29 is 0 Å². The molecule has 1 heterocycles. The minimum Gasteiger partial charge on any atom is -0.363 e. The number of pyridine rings is 1. The minimum absolute atomic E-state index is 0.617. The van der Waals surface area contributed by atoms with E-state index < -0.39 is 0 Å². The molecule has 0 aliphatic heterocycles. The fraction of sp³-hybridized carbons (Fsp3) is 0.250. The number of nitrogens with one attached hydrogen (secondary N) is 2. The summed E-state index contributed by atoms with van der Waals surface area (Å²) in [7, 11) is 0. The summed E-state index contributed by atoms with van der Waals surface area (Å²) in [5, 5.41) is 6.61. The molecule has 70 valence electrons. The summed E-state index contributed by atoms with van der Waals surface area (Å²) in [6.07, 6.45) is 1.72. The molecular formula is C8H10BrN3S. The van der Waals surface area contributed by atoms with Crippen LogP contribution in [0.15, 0.2) is 22.9 Å². The van der Waals surface area contributed by atoms with E-state index in [1.165, 1.54) is 0 Å². The predicted octanol–water partition coefficient (Wildman–Crippen LogP) is 2.15. The minimum atomic E-state index is 0.617. The van der Waals surface area contributed by atoms with Gasteiger partial charge in [0, 0.05) is 6.54 Å². The largest absolute Gasteiger partial charge is 0.363 e. The summed E-state index contributed by atoms with van der Waals surface area (Å²) in [6, 6.07) is 3.76. The van der Waals surface area contributed by atoms with E-state index in [2.05, 4.69) is 31.5 Å². The van der Waals surface area contributed by atoms with Crippen molar-refractivity contribution in [1.82, 2.24) is 10.3 Å². The quantitative estimate of drug-likeness (QED) is 0.631. The number of anilines is 1. The van der Waals surface area contributed by atoms with Gasteiger partial charge in [-0.05, 0) is 47.2 Å². The number of halogens is 1. The van der Waals surface area contributed by atoms with E-state index >= 15 is 0 Å². The fourth-order valence-electron chi connectivity index (χ4n) is 0.786. The number of hydrogen-bond acceptors (Lipinski definition) is 2. The molecule has 0 radical (unpaired) electrons. The summed E-state index contributed by atoms with van der Waals surface area (Å²) in [5.41, 5.74) is 0.883. The van der Waals surface area contributed by atoms with E-state index in [0.717, 1.165) is 16.8 Å². The van der Waals surface area contributed by atoms with Crippen LogP contribution in [0.25, 0.3) is 0 Å². The maximum absolute atomic E-state index is 5.01. The summed E-state index contributed by atoms with van der Waals surface area (Å²) in [6.45, 7) is 2.81. The van der Waals surface area contributed by atoms with Gasteiger partial charge in [-0.1, -0.05) is 0 Å². The highest BCUT2D eigenvalue weighted by Gasteiger charge is 1.95. The lowest BCUT2D eigenvalue weighted by Gasteiger charge is -2.07. The van der Waals surface area contributed by atoms with E-state index in [4.69, 9.17) is 12.2 Å². The van der Waals surface area contributed by atoms with Gasteiger partial charge in [0.25, 0.3) is 0 Å². The number of aromatic nitrogens is 1. The fourth-order valence-corrected chi connectivity index (χ4v) is 1.28. The molecule has 0 bridgehead atoms. The van der Waals surface area contributed by atoms with Crippen LogP contribution in [-0.2, 0) is 0 Å². The molecule has 2 N–H and O–H groups in total. The first-order chi connectivity index (χ1) is 6.22. The van der Waals surface area contributed by atoms with Gasteiger partial charge in [0.15, 0.2) is 5.11 Å². The van der Waals surface area contributed by atoms with Crippen molar-refractivity contribution in [3.63, 3.8) is 0 Å². The summed E-state index contributed by atoms with van der Waals surface area (Å²) in [5.74, 6) is 0. The molecule has 0 saturated heterocycles. The second kappa shape index (κ2) is 5.14. The first-order valence-electron chi connectivity index (χ1n) is 3.88. The first kappa shape index (κ1) is 10.4. The van der Waals surface area contributed by atoms with Gasteiger partial charge >= 0.3 is 0 Å². The predicted molar refractivity (Wildman–Crippen MR) is 61.8 cm³/mol. The van der Waals surface area contributed by atoms with Crippen LogP contribution in [0.4, 0.5) is 5.69 Å². The lowest BCUT2D eigenvalue weighted by atomic mass is 10.4. The van der Waals surface area contributed by atoms with Crippen LogP contribution < -0.4 is 10.6 Å². The second-order valence-corrected chi connectivity index (χ2v) is 3.57. The Kier molecular flexibility index (Phi) is 4.11. The molecule has 0 atom stereocenters. The molecule has 0 saturated carbocycles. The maximum Gasteiger partial charge on any atom is 0.170 e. The van der Waals surface area contributed by atoms with Gasteiger partial charge in [-0.15, -0.1) is 0 Å². The van der Waals surface area contributed by atoms with Crippen molar-refractivity contribution in [3.05, 3.63) is 22.9 Å². The molecule has 0 unspecified atom stereocenters. The third-order valence-electron chi connectivity index (χ3n) is 1.32. The molecule has 0 aromatic carbocycles. The number of nitrogens with zero attached hydrogens (tertiary/aromatic N) is 1. The van der Waals surface area contributed by atoms with Crippen molar-refractivity contribution in [2.75, 3.05) is 11.9 Å². The van der Waals surface area contributed by atoms with E-state index in [9.17, 15) is 0 Å². The Morgan fingerprint density at radius 1 is 1.62 bits per heavy atom. The lowest BCUT2D eigenvalue weighted by molar-refractivity contribution is 0.979. The molecule has 1 rings (SSSR count). The van der Waals surface area contributed by atoms with Crippen molar-refractivity contribution in [2.24, 2.45) is 0 Å². The van der Waals surface area contributed by atoms with Gasteiger partial charge in [0.05, 0.1) is 11.9 Å². The summed E-state index contributed by atoms with van der Waals surface area (Å²) >= 11 is 8.26. The monoisotopic (exact) mass is 259 g/mol. The second-order valence-electron chi connectivity index (χ2n) is 2.35. The van der Waals surface area contributed by atoms with Crippen LogP contribution in [-0.4, -0.2) is 16.6 Å². The van der Waals surface area contributed by atoms with Crippen molar-refractivity contribution in [2.45, 2.75) is 6.92 Å². The number of hydrogen-bond donors (Lipinski definition) is 2. The zero-order valence-electron chi connectivity index (χ0n) is 7.17. The Labute approximate surface area is 91.1 Å². The first-order valence-corrected chi connectivity index (χ1v) is 5.09. The third kappa shape index (κ3) is 3.69. The molecule has 0 amide bonds. The highest BCUT2D eigenvalue weighted by molar-refractivity contribution is 9.10. The molecular weight excluding hydrogens is 250 g/mol. The standard InChI is InChI=1S/C8H10BrN3S/c1-2-10-8(13)12-6-3-4-7(9)11-5-6/h3-5H,2H2,1H3,(H2,10,12,13). The Hall–Kier alpha value is -0.680. The van der Waals surface area contributed by atoms with E-state index in [1.807, 2.05) is 19.1 Å². The van der Waals surface area contributed by atoms with Gasteiger partial charge in [-0.2, -0.15) is 0 Å². The maximum atomic E-state index is 5.01. The lowest BCUT2D eigenvalue weighted by Crippen LogP contribution is -2.27. The molecule has 1 aromatic heterocycles. The molecule has 0 aliphatic carbocycles.